The van der Waals surface area contributed by atoms with Crippen LogP contribution in [-0.4, -0.2) is 60.1 Å². The third kappa shape index (κ3) is 4.56. The van der Waals surface area contributed by atoms with Gasteiger partial charge in [0.15, 0.2) is 0 Å². The Balaban J connectivity index is 1.55. The van der Waals surface area contributed by atoms with Gasteiger partial charge in [0.1, 0.15) is 5.75 Å². The zero-order valence-corrected chi connectivity index (χ0v) is 18.2. The SMILES string of the molecule is COc1ccccc1C=C(C(=O)N1CCN(C(=O)c2cc(C)no2)CC1)c1ccccc1. The number of ether oxygens (including phenoxy) is 1. The average Bonchev–Trinajstić information content (AvgIpc) is 3.28. The number of nitrogens with zero attached hydrogens (tertiary/aromatic N) is 3. The van der Waals surface area contributed by atoms with Gasteiger partial charge < -0.3 is 19.1 Å². The Morgan fingerprint density at radius 1 is 0.969 bits per heavy atom. The molecule has 2 aromatic carbocycles. The summed E-state index contributed by atoms with van der Waals surface area (Å²) in [4.78, 5) is 29.6. The predicted molar refractivity (Wildman–Crippen MR) is 121 cm³/mol. The fourth-order valence-corrected chi connectivity index (χ4v) is 3.73. The van der Waals surface area contributed by atoms with Gasteiger partial charge in [0.05, 0.1) is 12.8 Å². The Morgan fingerprint density at radius 3 is 2.28 bits per heavy atom. The number of carbonyl (C=O) groups is 2. The van der Waals surface area contributed by atoms with Gasteiger partial charge in [-0.15, -0.1) is 0 Å². The van der Waals surface area contributed by atoms with Crippen molar-refractivity contribution >= 4 is 23.5 Å². The summed E-state index contributed by atoms with van der Waals surface area (Å²) in [5, 5.41) is 3.78. The van der Waals surface area contributed by atoms with Crippen molar-refractivity contribution in [2.75, 3.05) is 33.3 Å². The molecule has 0 spiro atoms. The minimum absolute atomic E-state index is 0.0790. The maximum Gasteiger partial charge on any atom is 0.292 e. The molecule has 0 unspecified atom stereocenters. The molecule has 7 heteroatoms. The predicted octanol–water partition coefficient (Wildman–Crippen LogP) is 3.52. The summed E-state index contributed by atoms with van der Waals surface area (Å²) in [5.41, 5.74) is 2.91. The van der Waals surface area contributed by atoms with Gasteiger partial charge >= 0.3 is 0 Å². The molecule has 0 N–H and O–H groups in total. The maximum atomic E-state index is 13.5. The van der Waals surface area contributed by atoms with Gasteiger partial charge in [-0.3, -0.25) is 9.59 Å². The molecule has 1 saturated heterocycles. The third-order valence-electron chi connectivity index (χ3n) is 5.45. The van der Waals surface area contributed by atoms with E-state index in [4.69, 9.17) is 9.26 Å². The van der Waals surface area contributed by atoms with E-state index < -0.39 is 0 Å². The zero-order chi connectivity index (χ0) is 22.5. The zero-order valence-electron chi connectivity index (χ0n) is 18.2. The van der Waals surface area contributed by atoms with Crippen LogP contribution in [0.3, 0.4) is 0 Å². The molecule has 32 heavy (non-hydrogen) atoms. The van der Waals surface area contributed by atoms with Crippen LogP contribution in [0.25, 0.3) is 11.6 Å². The molecule has 0 aliphatic carbocycles. The van der Waals surface area contributed by atoms with Gasteiger partial charge in [-0.1, -0.05) is 53.7 Å². The second-order valence-corrected chi connectivity index (χ2v) is 7.58. The number of aromatic nitrogens is 1. The highest BCUT2D eigenvalue weighted by Gasteiger charge is 2.28. The topological polar surface area (TPSA) is 75.9 Å². The smallest absolute Gasteiger partial charge is 0.292 e. The first-order chi connectivity index (χ1) is 15.6. The molecule has 1 aliphatic rings. The Bertz CT molecular complexity index is 1130. The van der Waals surface area contributed by atoms with Crippen LogP contribution >= 0.6 is 0 Å². The van der Waals surface area contributed by atoms with Crippen molar-refractivity contribution in [1.82, 2.24) is 15.0 Å². The van der Waals surface area contributed by atoms with Crippen molar-refractivity contribution < 1.29 is 18.8 Å². The first-order valence-corrected chi connectivity index (χ1v) is 10.5. The monoisotopic (exact) mass is 431 g/mol. The van der Waals surface area contributed by atoms with Gasteiger partial charge in [-0.25, -0.2) is 0 Å². The average molecular weight is 431 g/mol. The molecular formula is C25H25N3O4. The van der Waals surface area contributed by atoms with Crippen molar-refractivity contribution in [3.05, 3.63) is 83.2 Å². The molecule has 0 atom stereocenters. The van der Waals surface area contributed by atoms with E-state index in [9.17, 15) is 9.59 Å². The van der Waals surface area contributed by atoms with E-state index in [1.807, 2.05) is 60.7 Å². The standard InChI is InChI=1S/C25H25N3O4/c1-18-16-23(32-26-18)25(30)28-14-12-27(13-15-28)24(29)21(19-8-4-3-5-9-19)17-20-10-6-7-11-22(20)31-2/h3-11,16-17H,12-15H2,1-2H3. The van der Waals surface area contributed by atoms with Crippen molar-refractivity contribution in [2.24, 2.45) is 0 Å². The number of para-hydroxylation sites is 1. The van der Waals surface area contributed by atoms with Crippen LogP contribution in [0.15, 0.2) is 65.2 Å². The van der Waals surface area contributed by atoms with Crippen LogP contribution in [0.5, 0.6) is 5.75 Å². The summed E-state index contributed by atoms with van der Waals surface area (Å²) in [6, 6.07) is 18.8. The largest absolute Gasteiger partial charge is 0.496 e. The Kier molecular flexibility index (Phi) is 6.35. The van der Waals surface area contributed by atoms with Crippen LogP contribution < -0.4 is 4.74 Å². The summed E-state index contributed by atoms with van der Waals surface area (Å²) in [7, 11) is 1.61. The molecule has 0 bridgehead atoms. The lowest BCUT2D eigenvalue weighted by atomic mass is 10.0. The van der Waals surface area contributed by atoms with E-state index in [1.54, 1.807) is 29.9 Å². The number of hydrogen-bond acceptors (Lipinski definition) is 5. The molecule has 2 amide bonds. The summed E-state index contributed by atoms with van der Waals surface area (Å²) in [6.07, 6.45) is 1.87. The van der Waals surface area contributed by atoms with Crippen LogP contribution in [0.1, 0.15) is 27.4 Å². The van der Waals surface area contributed by atoms with E-state index in [0.717, 1.165) is 11.1 Å². The number of hydrogen-bond donors (Lipinski definition) is 0. The lowest BCUT2D eigenvalue weighted by Gasteiger charge is -2.34. The summed E-state index contributed by atoms with van der Waals surface area (Å²) >= 11 is 0. The van der Waals surface area contributed by atoms with Crippen molar-refractivity contribution in [1.29, 1.82) is 0 Å². The summed E-state index contributed by atoms with van der Waals surface area (Å²) in [6.45, 7) is 3.51. The molecule has 0 radical (unpaired) electrons. The normalized spacial score (nSPS) is 14.4. The van der Waals surface area contributed by atoms with Gasteiger partial charge in [0.25, 0.3) is 11.8 Å². The highest BCUT2D eigenvalue weighted by atomic mass is 16.5. The highest BCUT2D eigenvalue weighted by molar-refractivity contribution is 6.24. The second kappa shape index (κ2) is 9.51. The van der Waals surface area contributed by atoms with E-state index >= 15 is 0 Å². The van der Waals surface area contributed by atoms with Crippen LogP contribution in [-0.2, 0) is 4.79 Å². The molecule has 2 heterocycles. The first-order valence-electron chi connectivity index (χ1n) is 10.5. The van der Waals surface area contributed by atoms with Crippen LogP contribution in [0.2, 0.25) is 0 Å². The molecule has 1 aromatic heterocycles. The van der Waals surface area contributed by atoms with E-state index in [0.29, 0.717) is 43.2 Å². The van der Waals surface area contributed by atoms with Gasteiger partial charge in [0.2, 0.25) is 5.76 Å². The highest BCUT2D eigenvalue weighted by Crippen LogP contribution is 2.26. The number of carbonyl (C=O) groups excluding carboxylic acids is 2. The number of amides is 2. The lowest BCUT2D eigenvalue weighted by Crippen LogP contribution is -2.50. The Morgan fingerprint density at radius 2 is 1.62 bits per heavy atom. The van der Waals surface area contributed by atoms with E-state index in [1.165, 1.54) is 0 Å². The van der Waals surface area contributed by atoms with Crippen molar-refractivity contribution in [2.45, 2.75) is 6.92 Å². The molecule has 7 nitrogen and oxygen atoms in total. The van der Waals surface area contributed by atoms with Crippen molar-refractivity contribution in [3.63, 3.8) is 0 Å². The number of aryl methyl sites for hydroxylation is 1. The van der Waals surface area contributed by atoms with E-state index in [-0.39, 0.29) is 17.6 Å². The summed E-state index contributed by atoms with van der Waals surface area (Å²) < 4.78 is 10.6. The number of piperazine rings is 1. The lowest BCUT2D eigenvalue weighted by molar-refractivity contribution is -0.126. The molecule has 164 valence electrons. The van der Waals surface area contributed by atoms with Gasteiger partial charge in [-0.05, 0) is 24.6 Å². The maximum absolute atomic E-state index is 13.5. The summed E-state index contributed by atoms with van der Waals surface area (Å²) in [5.74, 6) is 0.644. The van der Waals surface area contributed by atoms with E-state index in [2.05, 4.69) is 5.16 Å². The fraction of sp³-hybridized carbons (Fsp3) is 0.240. The Labute approximate surface area is 186 Å². The van der Waals surface area contributed by atoms with Crippen LogP contribution in [0.4, 0.5) is 0 Å². The number of rotatable bonds is 5. The quantitative estimate of drug-likeness (QED) is 0.456. The number of methoxy groups -OCH3 is 1. The number of benzene rings is 2. The molecule has 4 rings (SSSR count). The molecule has 1 aliphatic heterocycles. The third-order valence-corrected chi connectivity index (χ3v) is 5.45. The Hall–Kier alpha value is -3.87. The minimum atomic E-state index is -0.203. The van der Waals surface area contributed by atoms with Gasteiger partial charge in [-0.2, -0.15) is 0 Å². The van der Waals surface area contributed by atoms with Gasteiger partial charge in [0, 0.05) is 43.4 Å². The molecule has 1 fully saturated rings. The fourth-order valence-electron chi connectivity index (χ4n) is 3.73. The second-order valence-electron chi connectivity index (χ2n) is 7.58. The molecule has 3 aromatic rings. The molecule has 0 saturated carbocycles. The first kappa shape index (κ1) is 21.4. The van der Waals surface area contributed by atoms with Crippen LogP contribution in [0, 0.1) is 6.92 Å². The molecular weight excluding hydrogens is 406 g/mol. The minimum Gasteiger partial charge on any atom is -0.496 e. The van der Waals surface area contributed by atoms with Crippen molar-refractivity contribution in [3.8, 4) is 5.75 Å².